The van der Waals surface area contributed by atoms with Gasteiger partial charge in [-0.1, -0.05) is 0 Å². The van der Waals surface area contributed by atoms with Crippen LogP contribution in [0.15, 0.2) is 18.3 Å². The number of aromatic nitrogens is 1. The molecular weight excluding hydrogens is 260 g/mol. The van der Waals surface area contributed by atoms with Crippen LogP contribution < -0.4 is 4.90 Å². The van der Waals surface area contributed by atoms with Gasteiger partial charge in [0.1, 0.15) is 17.4 Å². The molecule has 0 bridgehead atoms. The molecule has 6 heteroatoms. The molecule has 6 nitrogen and oxygen atoms in total. The summed E-state index contributed by atoms with van der Waals surface area (Å²) in [5.41, 5.74) is 0.367. The Hall–Kier alpha value is -2.11. The minimum absolute atomic E-state index is 0.272. The molecule has 1 aliphatic rings. The molecule has 0 aromatic carbocycles. The van der Waals surface area contributed by atoms with Crippen LogP contribution in [0, 0.1) is 0 Å². The summed E-state index contributed by atoms with van der Waals surface area (Å²) in [6, 6.07) is 2.94. The quantitative estimate of drug-likeness (QED) is 0.775. The molecule has 0 amide bonds. The van der Waals surface area contributed by atoms with Gasteiger partial charge in [0, 0.05) is 12.7 Å². The molecule has 108 valence electrons. The molecule has 2 rings (SSSR count). The van der Waals surface area contributed by atoms with Gasteiger partial charge in [0.05, 0.1) is 13.7 Å². The zero-order valence-electron chi connectivity index (χ0n) is 11.7. The highest BCUT2D eigenvalue weighted by atomic mass is 16.5. The van der Waals surface area contributed by atoms with Crippen LogP contribution in [0.25, 0.3) is 0 Å². The van der Waals surface area contributed by atoms with Crippen LogP contribution in [-0.2, 0) is 14.3 Å². The Morgan fingerprint density at radius 3 is 3.00 bits per heavy atom. The molecule has 0 aliphatic carbocycles. The van der Waals surface area contributed by atoms with Crippen molar-refractivity contribution >= 4 is 17.8 Å². The molecule has 1 atom stereocenters. The molecule has 1 saturated heterocycles. The molecule has 0 radical (unpaired) electrons. The van der Waals surface area contributed by atoms with Crippen LogP contribution in [0.2, 0.25) is 0 Å². The summed E-state index contributed by atoms with van der Waals surface area (Å²) in [6.07, 6.45) is 3.17. The summed E-state index contributed by atoms with van der Waals surface area (Å²) < 4.78 is 9.84. The van der Waals surface area contributed by atoms with Gasteiger partial charge in [0.15, 0.2) is 0 Å². The minimum atomic E-state index is -0.456. The highest BCUT2D eigenvalue weighted by molar-refractivity contribution is 5.95. The van der Waals surface area contributed by atoms with E-state index in [0.717, 1.165) is 6.42 Å². The lowest BCUT2D eigenvalue weighted by Gasteiger charge is -2.25. The van der Waals surface area contributed by atoms with Crippen molar-refractivity contribution in [2.45, 2.75) is 25.8 Å². The fraction of sp³-hybridized carbons (Fsp3) is 0.500. The largest absolute Gasteiger partial charge is 0.465 e. The van der Waals surface area contributed by atoms with E-state index in [1.165, 1.54) is 7.11 Å². The summed E-state index contributed by atoms with van der Waals surface area (Å²) in [4.78, 5) is 29.8. The second kappa shape index (κ2) is 6.36. The summed E-state index contributed by atoms with van der Waals surface area (Å²) in [5, 5.41) is 0. The van der Waals surface area contributed by atoms with Gasteiger partial charge < -0.3 is 14.4 Å². The Balaban J connectivity index is 2.30. The van der Waals surface area contributed by atoms with Crippen LogP contribution in [0.3, 0.4) is 0 Å². The Morgan fingerprint density at radius 2 is 2.30 bits per heavy atom. The number of esters is 2. The summed E-state index contributed by atoms with van der Waals surface area (Å²) in [7, 11) is 1.33. The maximum absolute atomic E-state index is 12.0. The van der Waals surface area contributed by atoms with E-state index in [1.54, 1.807) is 25.3 Å². The molecule has 1 unspecified atom stereocenters. The number of methoxy groups -OCH3 is 1. The average molecular weight is 278 g/mol. The number of pyridine rings is 1. The van der Waals surface area contributed by atoms with Crippen molar-refractivity contribution in [2.24, 2.45) is 0 Å². The normalized spacial score (nSPS) is 17.9. The molecule has 1 aromatic heterocycles. The smallest absolute Gasteiger partial charge is 0.341 e. The van der Waals surface area contributed by atoms with Crippen LogP contribution in [0.4, 0.5) is 5.82 Å². The van der Waals surface area contributed by atoms with Crippen LogP contribution >= 0.6 is 0 Å². The van der Waals surface area contributed by atoms with Crippen LogP contribution in [-0.4, -0.2) is 43.2 Å². The number of rotatable bonds is 4. The van der Waals surface area contributed by atoms with Crippen molar-refractivity contribution in [3.8, 4) is 0 Å². The van der Waals surface area contributed by atoms with Crippen molar-refractivity contribution in [1.82, 2.24) is 4.98 Å². The first-order chi connectivity index (χ1) is 9.69. The molecule has 0 spiro atoms. The topological polar surface area (TPSA) is 68.7 Å². The highest BCUT2D eigenvalue weighted by Gasteiger charge is 2.34. The van der Waals surface area contributed by atoms with Crippen molar-refractivity contribution < 1.29 is 19.1 Å². The molecule has 2 heterocycles. The van der Waals surface area contributed by atoms with Crippen molar-refractivity contribution in [1.29, 1.82) is 0 Å². The number of ether oxygens (including phenoxy) is 2. The van der Waals surface area contributed by atoms with E-state index in [9.17, 15) is 9.59 Å². The number of carbonyl (C=O) groups is 2. The zero-order valence-corrected chi connectivity index (χ0v) is 11.7. The highest BCUT2D eigenvalue weighted by Crippen LogP contribution is 2.27. The van der Waals surface area contributed by atoms with E-state index >= 15 is 0 Å². The lowest BCUT2D eigenvalue weighted by Crippen LogP contribution is -2.38. The van der Waals surface area contributed by atoms with Crippen molar-refractivity contribution in [3.05, 3.63) is 23.9 Å². The Bertz CT molecular complexity index is 504. The van der Waals surface area contributed by atoms with E-state index in [1.807, 2.05) is 4.90 Å². The van der Waals surface area contributed by atoms with Gasteiger partial charge >= 0.3 is 11.9 Å². The van der Waals surface area contributed by atoms with E-state index in [0.29, 0.717) is 31.0 Å². The average Bonchev–Trinajstić information content (AvgIpc) is 2.96. The fourth-order valence-corrected chi connectivity index (χ4v) is 2.40. The molecular formula is C14H18N2O4. The first-order valence-electron chi connectivity index (χ1n) is 6.65. The second-order valence-corrected chi connectivity index (χ2v) is 4.47. The number of anilines is 1. The Kier molecular flexibility index (Phi) is 4.55. The first kappa shape index (κ1) is 14.3. The van der Waals surface area contributed by atoms with Crippen LogP contribution in [0.1, 0.15) is 30.1 Å². The molecule has 0 N–H and O–H groups in total. The van der Waals surface area contributed by atoms with Gasteiger partial charge in [-0.05, 0) is 31.9 Å². The first-order valence-corrected chi connectivity index (χ1v) is 6.65. The summed E-state index contributed by atoms with van der Waals surface area (Å²) in [6.45, 7) is 2.79. The predicted molar refractivity (Wildman–Crippen MR) is 72.6 cm³/mol. The molecule has 0 saturated carbocycles. The number of hydrogen-bond acceptors (Lipinski definition) is 6. The monoisotopic (exact) mass is 278 g/mol. The third-order valence-electron chi connectivity index (χ3n) is 3.28. The maximum atomic E-state index is 12.0. The number of hydrogen-bond donors (Lipinski definition) is 0. The third-order valence-corrected chi connectivity index (χ3v) is 3.28. The van der Waals surface area contributed by atoms with Crippen molar-refractivity contribution in [3.63, 3.8) is 0 Å². The molecule has 20 heavy (non-hydrogen) atoms. The van der Waals surface area contributed by atoms with Gasteiger partial charge in [0.25, 0.3) is 0 Å². The molecule has 1 fully saturated rings. The van der Waals surface area contributed by atoms with E-state index in [2.05, 4.69) is 4.98 Å². The van der Waals surface area contributed by atoms with Gasteiger partial charge in [0.2, 0.25) is 0 Å². The van der Waals surface area contributed by atoms with Gasteiger partial charge in [-0.3, -0.25) is 0 Å². The fourth-order valence-electron chi connectivity index (χ4n) is 2.40. The second-order valence-electron chi connectivity index (χ2n) is 4.47. The van der Waals surface area contributed by atoms with Crippen LogP contribution in [0.5, 0.6) is 0 Å². The maximum Gasteiger partial charge on any atom is 0.341 e. The third kappa shape index (κ3) is 2.74. The van der Waals surface area contributed by atoms with Crippen molar-refractivity contribution in [2.75, 3.05) is 25.2 Å². The number of nitrogens with zero attached hydrogens (tertiary/aromatic N) is 2. The molecule has 1 aromatic rings. The summed E-state index contributed by atoms with van der Waals surface area (Å²) >= 11 is 0. The SMILES string of the molecule is CCOC(=O)C1CCCN1c1ncccc1C(=O)OC. The minimum Gasteiger partial charge on any atom is -0.465 e. The summed E-state index contributed by atoms with van der Waals surface area (Å²) in [5.74, 6) is -0.246. The zero-order chi connectivity index (χ0) is 14.5. The molecule has 1 aliphatic heterocycles. The lowest BCUT2D eigenvalue weighted by molar-refractivity contribution is -0.144. The standard InChI is InChI=1S/C14H18N2O4/c1-3-20-14(18)11-7-5-9-16(11)12-10(13(17)19-2)6-4-8-15-12/h4,6,8,11H,3,5,7,9H2,1-2H3. The predicted octanol–water partition coefficient (Wildman–Crippen LogP) is 1.40. The number of carbonyl (C=O) groups excluding carboxylic acids is 2. The van der Waals surface area contributed by atoms with Gasteiger partial charge in [-0.2, -0.15) is 0 Å². The Labute approximate surface area is 117 Å². The van der Waals surface area contributed by atoms with Gasteiger partial charge in [-0.15, -0.1) is 0 Å². The Morgan fingerprint density at radius 1 is 1.50 bits per heavy atom. The van der Waals surface area contributed by atoms with E-state index in [-0.39, 0.29) is 12.0 Å². The van der Waals surface area contributed by atoms with E-state index < -0.39 is 5.97 Å². The lowest BCUT2D eigenvalue weighted by atomic mass is 10.2. The van der Waals surface area contributed by atoms with E-state index in [4.69, 9.17) is 9.47 Å². The van der Waals surface area contributed by atoms with Gasteiger partial charge in [-0.25, -0.2) is 14.6 Å².